The van der Waals surface area contributed by atoms with Crippen molar-refractivity contribution in [3.05, 3.63) is 63.6 Å². The number of benzene rings is 2. The van der Waals surface area contributed by atoms with E-state index in [1.165, 1.54) is 0 Å². The van der Waals surface area contributed by atoms with Crippen molar-refractivity contribution in [1.82, 2.24) is 5.32 Å². The van der Waals surface area contributed by atoms with Crippen molar-refractivity contribution in [2.75, 3.05) is 20.3 Å². The van der Waals surface area contributed by atoms with Crippen molar-refractivity contribution in [2.45, 2.75) is 19.6 Å². The molecule has 0 heterocycles. The van der Waals surface area contributed by atoms with Gasteiger partial charge in [0.05, 0.1) is 0 Å². The van der Waals surface area contributed by atoms with Gasteiger partial charge in [0, 0.05) is 35.9 Å². The molecule has 2 rings (SSSR count). The number of hydrogen-bond acceptors (Lipinski definition) is 3. The fraction of sp³-hybridized carbons (Fsp3) is 0.333. The number of halogens is 2. The Balaban J connectivity index is 1.93. The van der Waals surface area contributed by atoms with Gasteiger partial charge in [0.15, 0.2) is 0 Å². The summed E-state index contributed by atoms with van der Waals surface area (Å²) in [5.41, 5.74) is 2.12. The maximum absolute atomic E-state index is 6.10. The molecule has 0 amide bonds. The third kappa shape index (κ3) is 6.40. The summed E-state index contributed by atoms with van der Waals surface area (Å²) in [6.07, 6.45) is 0.970. The molecule has 0 aliphatic rings. The zero-order valence-corrected chi connectivity index (χ0v) is 14.7. The normalized spacial score (nSPS) is 10.7. The minimum Gasteiger partial charge on any atom is -0.489 e. The molecular weight excluding hydrogens is 333 g/mol. The maximum atomic E-state index is 6.10. The van der Waals surface area contributed by atoms with Crippen LogP contribution in [-0.2, 0) is 17.9 Å². The highest BCUT2D eigenvalue weighted by atomic mass is 35.5. The molecule has 0 bridgehead atoms. The summed E-state index contributed by atoms with van der Waals surface area (Å²) in [5, 5.41) is 4.80. The molecule has 0 aromatic heterocycles. The van der Waals surface area contributed by atoms with Crippen LogP contribution < -0.4 is 10.1 Å². The molecule has 1 N–H and O–H groups in total. The molecule has 0 saturated carbocycles. The lowest BCUT2D eigenvalue weighted by Crippen LogP contribution is -2.16. The van der Waals surface area contributed by atoms with E-state index in [1.807, 2.05) is 42.5 Å². The van der Waals surface area contributed by atoms with Crippen LogP contribution in [0.2, 0.25) is 10.0 Å². The third-order valence-corrected chi connectivity index (χ3v) is 3.83. The van der Waals surface area contributed by atoms with E-state index in [0.29, 0.717) is 18.2 Å². The molecule has 0 spiro atoms. The fourth-order valence-corrected chi connectivity index (χ4v) is 2.45. The minimum absolute atomic E-state index is 0.496. The lowest BCUT2D eigenvalue weighted by atomic mass is 10.2. The first-order valence-electron chi connectivity index (χ1n) is 7.54. The maximum Gasteiger partial charge on any atom is 0.124 e. The highest BCUT2D eigenvalue weighted by Gasteiger charge is 2.05. The van der Waals surface area contributed by atoms with Crippen LogP contribution >= 0.6 is 23.2 Å². The average Bonchev–Trinajstić information content (AvgIpc) is 2.55. The molecule has 5 heteroatoms. The first-order chi connectivity index (χ1) is 11.2. The van der Waals surface area contributed by atoms with Gasteiger partial charge in [-0.05, 0) is 48.9 Å². The summed E-state index contributed by atoms with van der Waals surface area (Å²) >= 11 is 12.0. The van der Waals surface area contributed by atoms with E-state index in [0.717, 1.165) is 41.5 Å². The Morgan fingerprint density at radius 3 is 2.48 bits per heavy atom. The van der Waals surface area contributed by atoms with Gasteiger partial charge < -0.3 is 14.8 Å². The second kappa shape index (κ2) is 9.78. The second-order valence-electron chi connectivity index (χ2n) is 5.19. The van der Waals surface area contributed by atoms with Gasteiger partial charge in [0.2, 0.25) is 0 Å². The van der Waals surface area contributed by atoms with Gasteiger partial charge in [-0.3, -0.25) is 0 Å². The number of methoxy groups -OCH3 is 1. The molecule has 2 aromatic carbocycles. The van der Waals surface area contributed by atoms with Crippen molar-refractivity contribution in [2.24, 2.45) is 0 Å². The Morgan fingerprint density at radius 2 is 1.74 bits per heavy atom. The van der Waals surface area contributed by atoms with Crippen LogP contribution in [-0.4, -0.2) is 20.3 Å². The number of nitrogens with one attached hydrogen (secondary N) is 1. The molecule has 0 fully saturated rings. The molecule has 0 atom stereocenters. The molecule has 23 heavy (non-hydrogen) atoms. The zero-order chi connectivity index (χ0) is 16.5. The standard InChI is InChI=1S/C18H21Cl2NO2/c1-22-10-2-9-21-12-15-11-17(20)7-8-18(15)23-13-14-3-5-16(19)6-4-14/h3-8,11,21H,2,9-10,12-13H2,1H3. The molecular formula is C18H21Cl2NO2. The lowest BCUT2D eigenvalue weighted by molar-refractivity contribution is 0.194. The van der Waals surface area contributed by atoms with Gasteiger partial charge >= 0.3 is 0 Å². The zero-order valence-electron chi connectivity index (χ0n) is 13.1. The Kier molecular flexibility index (Phi) is 7.69. The molecule has 2 aromatic rings. The Labute approximate surface area is 147 Å². The summed E-state index contributed by atoms with van der Waals surface area (Å²) in [7, 11) is 1.71. The Hall–Kier alpha value is -1.26. The van der Waals surface area contributed by atoms with Crippen LogP contribution in [0.5, 0.6) is 5.75 Å². The van der Waals surface area contributed by atoms with E-state index in [2.05, 4.69) is 5.32 Å². The average molecular weight is 354 g/mol. The predicted octanol–water partition coefficient (Wildman–Crippen LogP) is 4.70. The van der Waals surface area contributed by atoms with E-state index < -0.39 is 0 Å². The molecule has 0 radical (unpaired) electrons. The van der Waals surface area contributed by atoms with Gasteiger partial charge in [0.25, 0.3) is 0 Å². The Morgan fingerprint density at radius 1 is 1.00 bits per heavy atom. The topological polar surface area (TPSA) is 30.5 Å². The van der Waals surface area contributed by atoms with Crippen LogP contribution in [0.1, 0.15) is 17.5 Å². The molecule has 124 valence electrons. The van der Waals surface area contributed by atoms with Crippen molar-refractivity contribution < 1.29 is 9.47 Å². The second-order valence-corrected chi connectivity index (χ2v) is 6.06. The van der Waals surface area contributed by atoms with E-state index >= 15 is 0 Å². The quantitative estimate of drug-likeness (QED) is 0.662. The van der Waals surface area contributed by atoms with Gasteiger partial charge in [-0.25, -0.2) is 0 Å². The Bertz CT molecular complexity index is 602. The first-order valence-corrected chi connectivity index (χ1v) is 8.30. The lowest BCUT2D eigenvalue weighted by Gasteiger charge is -2.13. The summed E-state index contributed by atoms with van der Waals surface area (Å²) in [4.78, 5) is 0. The van der Waals surface area contributed by atoms with Crippen LogP contribution in [0.25, 0.3) is 0 Å². The number of hydrogen-bond donors (Lipinski definition) is 1. The summed E-state index contributed by atoms with van der Waals surface area (Å²) in [6.45, 7) is 2.84. The van der Waals surface area contributed by atoms with Crippen molar-refractivity contribution in [1.29, 1.82) is 0 Å². The SMILES string of the molecule is COCCCNCc1cc(Cl)ccc1OCc1ccc(Cl)cc1. The van der Waals surface area contributed by atoms with Crippen LogP contribution in [0.15, 0.2) is 42.5 Å². The van der Waals surface area contributed by atoms with E-state index in [1.54, 1.807) is 7.11 Å². The monoisotopic (exact) mass is 353 g/mol. The largest absolute Gasteiger partial charge is 0.489 e. The molecule has 0 aliphatic heterocycles. The molecule has 0 saturated heterocycles. The van der Waals surface area contributed by atoms with E-state index in [-0.39, 0.29) is 0 Å². The smallest absolute Gasteiger partial charge is 0.124 e. The first kappa shape index (κ1) is 18.1. The number of ether oxygens (including phenoxy) is 2. The van der Waals surface area contributed by atoms with Gasteiger partial charge in [-0.1, -0.05) is 35.3 Å². The van der Waals surface area contributed by atoms with E-state index in [4.69, 9.17) is 32.7 Å². The van der Waals surface area contributed by atoms with Crippen LogP contribution in [0, 0.1) is 0 Å². The fourth-order valence-electron chi connectivity index (χ4n) is 2.13. The summed E-state index contributed by atoms with van der Waals surface area (Å²) < 4.78 is 11.0. The van der Waals surface area contributed by atoms with E-state index in [9.17, 15) is 0 Å². The molecule has 3 nitrogen and oxygen atoms in total. The van der Waals surface area contributed by atoms with Crippen molar-refractivity contribution in [3.8, 4) is 5.75 Å². The highest BCUT2D eigenvalue weighted by Crippen LogP contribution is 2.24. The molecule has 0 unspecified atom stereocenters. The highest BCUT2D eigenvalue weighted by molar-refractivity contribution is 6.30. The van der Waals surface area contributed by atoms with Crippen molar-refractivity contribution in [3.63, 3.8) is 0 Å². The number of rotatable bonds is 9. The van der Waals surface area contributed by atoms with Crippen LogP contribution in [0.3, 0.4) is 0 Å². The van der Waals surface area contributed by atoms with Gasteiger partial charge in [-0.15, -0.1) is 0 Å². The third-order valence-electron chi connectivity index (χ3n) is 3.35. The predicted molar refractivity (Wildman–Crippen MR) is 95.4 cm³/mol. The summed E-state index contributed by atoms with van der Waals surface area (Å²) in [6, 6.07) is 13.3. The van der Waals surface area contributed by atoms with Crippen LogP contribution in [0.4, 0.5) is 0 Å². The summed E-state index contributed by atoms with van der Waals surface area (Å²) in [5.74, 6) is 0.837. The van der Waals surface area contributed by atoms with Crippen molar-refractivity contribution >= 4 is 23.2 Å². The van der Waals surface area contributed by atoms with Gasteiger partial charge in [0.1, 0.15) is 12.4 Å². The van der Waals surface area contributed by atoms with Gasteiger partial charge in [-0.2, -0.15) is 0 Å². The minimum atomic E-state index is 0.496. The molecule has 0 aliphatic carbocycles.